The van der Waals surface area contributed by atoms with Gasteiger partial charge in [-0.25, -0.2) is 8.42 Å². The molecule has 0 radical (unpaired) electrons. The molecule has 1 aliphatic rings. The quantitative estimate of drug-likeness (QED) is 0.842. The molecule has 1 aliphatic carbocycles. The van der Waals surface area contributed by atoms with Crippen molar-refractivity contribution in [3.63, 3.8) is 0 Å². The first-order chi connectivity index (χ1) is 7.49. The Morgan fingerprint density at radius 1 is 1.44 bits per heavy atom. The zero-order valence-electron chi connectivity index (χ0n) is 9.05. The van der Waals surface area contributed by atoms with Crippen LogP contribution in [-0.2, 0) is 10.0 Å². The SMILES string of the molecule is CC(O)c1cccc(NS(=O)(=O)C2CC2)c1. The first-order valence-corrected chi connectivity index (χ1v) is 6.83. The van der Waals surface area contributed by atoms with Crippen LogP contribution < -0.4 is 4.72 Å². The summed E-state index contributed by atoms with van der Waals surface area (Å²) >= 11 is 0. The Labute approximate surface area is 95.4 Å². The van der Waals surface area contributed by atoms with E-state index in [-0.39, 0.29) is 5.25 Å². The van der Waals surface area contributed by atoms with E-state index in [1.165, 1.54) is 0 Å². The molecule has 4 nitrogen and oxygen atoms in total. The Balaban J connectivity index is 2.18. The highest BCUT2D eigenvalue weighted by atomic mass is 32.2. The fourth-order valence-electron chi connectivity index (χ4n) is 1.49. The van der Waals surface area contributed by atoms with Crippen LogP contribution in [0, 0.1) is 0 Å². The lowest BCUT2D eigenvalue weighted by molar-refractivity contribution is 0.199. The Bertz CT molecular complexity index is 478. The Kier molecular flexibility index (Phi) is 2.90. The van der Waals surface area contributed by atoms with Gasteiger partial charge in [0.05, 0.1) is 11.4 Å². The number of rotatable bonds is 4. The summed E-state index contributed by atoms with van der Waals surface area (Å²) < 4.78 is 25.9. The second kappa shape index (κ2) is 4.07. The number of aliphatic hydroxyl groups is 1. The number of benzene rings is 1. The van der Waals surface area contributed by atoms with Crippen LogP contribution in [0.25, 0.3) is 0 Å². The van der Waals surface area contributed by atoms with Crippen LogP contribution in [0.4, 0.5) is 5.69 Å². The lowest BCUT2D eigenvalue weighted by Crippen LogP contribution is -2.17. The van der Waals surface area contributed by atoms with Gasteiger partial charge in [0.25, 0.3) is 0 Å². The molecule has 2 rings (SSSR count). The number of sulfonamides is 1. The maximum atomic E-state index is 11.7. The molecule has 0 heterocycles. The fourth-order valence-corrected chi connectivity index (χ4v) is 2.87. The summed E-state index contributed by atoms with van der Waals surface area (Å²) in [6, 6.07) is 6.84. The fraction of sp³-hybridized carbons (Fsp3) is 0.455. The number of hydrogen-bond donors (Lipinski definition) is 2. The van der Waals surface area contributed by atoms with Gasteiger partial charge in [-0.3, -0.25) is 4.72 Å². The number of anilines is 1. The van der Waals surface area contributed by atoms with Gasteiger partial charge in [0.15, 0.2) is 0 Å². The Morgan fingerprint density at radius 2 is 2.12 bits per heavy atom. The van der Waals surface area contributed by atoms with Crippen molar-refractivity contribution < 1.29 is 13.5 Å². The standard InChI is InChI=1S/C11H15NO3S/c1-8(13)9-3-2-4-10(7-9)12-16(14,15)11-5-6-11/h2-4,7-8,11-13H,5-6H2,1H3. The topological polar surface area (TPSA) is 66.4 Å². The Morgan fingerprint density at radius 3 is 2.69 bits per heavy atom. The van der Waals surface area contributed by atoms with Crippen molar-refractivity contribution in [3.8, 4) is 0 Å². The van der Waals surface area contributed by atoms with E-state index >= 15 is 0 Å². The van der Waals surface area contributed by atoms with Crippen LogP contribution in [0.1, 0.15) is 31.4 Å². The number of nitrogens with one attached hydrogen (secondary N) is 1. The normalized spacial score (nSPS) is 18.1. The molecule has 2 N–H and O–H groups in total. The van der Waals surface area contributed by atoms with Crippen molar-refractivity contribution in [1.82, 2.24) is 0 Å². The lowest BCUT2D eigenvalue weighted by Gasteiger charge is -2.09. The molecule has 0 aliphatic heterocycles. The molecule has 0 saturated heterocycles. The summed E-state index contributed by atoms with van der Waals surface area (Å²) in [7, 11) is -3.21. The van der Waals surface area contributed by atoms with Crippen LogP contribution >= 0.6 is 0 Å². The van der Waals surface area contributed by atoms with Gasteiger partial charge < -0.3 is 5.11 Å². The molecule has 1 aromatic rings. The van der Waals surface area contributed by atoms with Gasteiger partial charge >= 0.3 is 0 Å². The van der Waals surface area contributed by atoms with Crippen molar-refractivity contribution in [1.29, 1.82) is 0 Å². The van der Waals surface area contributed by atoms with Gasteiger partial charge in [-0.15, -0.1) is 0 Å². The maximum Gasteiger partial charge on any atom is 0.235 e. The predicted octanol–water partition coefficient (Wildman–Crippen LogP) is 1.64. The first kappa shape index (κ1) is 11.4. The molecule has 1 saturated carbocycles. The van der Waals surface area contributed by atoms with E-state index in [1.807, 2.05) is 0 Å². The summed E-state index contributed by atoms with van der Waals surface area (Å²) in [5.74, 6) is 0. The van der Waals surface area contributed by atoms with E-state index in [0.29, 0.717) is 11.3 Å². The third kappa shape index (κ3) is 2.54. The van der Waals surface area contributed by atoms with Crippen LogP contribution in [0.5, 0.6) is 0 Å². The minimum absolute atomic E-state index is 0.234. The molecule has 0 amide bonds. The highest BCUT2D eigenvalue weighted by Gasteiger charge is 2.35. The van der Waals surface area contributed by atoms with Crippen molar-refractivity contribution in [2.75, 3.05) is 4.72 Å². The second-order valence-corrected chi connectivity index (χ2v) is 6.11. The predicted molar refractivity (Wildman–Crippen MR) is 62.6 cm³/mol. The molecule has 0 aromatic heterocycles. The zero-order chi connectivity index (χ0) is 11.8. The molecule has 88 valence electrons. The summed E-state index contributed by atoms with van der Waals surface area (Å²) in [6.45, 7) is 1.65. The highest BCUT2D eigenvalue weighted by Crippen LogP contribution is 2.30. The highest BCUT2D eigenvalue weighted by molar-refractivity contribution is 7.93. The van der Waals surface area contributed by atoms with E-state index < -0.39 is 16.1 Å². The minimum atomic E-state index is -3.21. The minimum Gasteiger partial charge on any atom is -0.389 e. The molecular formula is C11H15NO3S. The zero-order valence-corrected chi connectivity index (χ0v) is 9.87. The van der Waals surface area contributed by atoms with Gasteiger partial charge in [0.1, 0.15) is 0 Å². The summed E-state index contributed by atoms with van der Waals surface area (Å²) in [5.41, 5.74) is 1.22. The van der Waals surface area contributed by atoms with Crippen molar-refractivity contribution in [2.24, 2.45) is 0 Å². The van der Waals surface area contributed by atoms with Gasteiger partial charge in [-0.2, -0.15) is 0 Å². The summed E-state index contributed by atoms with van der Waals surface area (Å²) in [4.78, 5) is 0. The van der Waals surface area contributed by atoms with E-state index in [4.69, 9.17) is 0 Å². The van der Waals surface area contributed by atoms with E-state index in [1.54, 1.807) is 31.2 Å². The van der Waals surface area contributed by atoms with Crippen LogP contribution in [0.3, 0.4) is 0 Å². The van der Waals surface area contributed by atoms with Gasteiger partial charge in [-0.1, -0.05) is 12.1 Å². The monoisotopic (exact) mass is 241 g/mol. The summed E-state index contributed by atoms with van der Waals surface area (Å²) in [5, 5.41) is 9.16. The first-order valence-electron chi connectivity index (χ1n) is 5.29. The molecular weight excluding hydrogens is 226 g/mol. The van der Waals surface area contributed by atoms with E-state index in [2.05, 4.69) is 4.72 Å². The van der Waals surface area contributed by atoms with Crippen molar-refractivity contribution >= 4 is 15.7 Å². The number of hydrogen-bond acceptors (Lipinski definition) is 3. The molecule has 1 unspecified atom stereocenters. The van der Waals surface area contributed by atoms with Crippen molar-refractivity contribution in [2.45, 2.75) is 31.1 Å². The molecule has 0 spiro atoms. The second-order valence-electron chi connectivity index (χ2n) is 4.15. The smallest absolute Gasteiger partial charge is 0.235 e. The molecule has 1 aromatic carbocycles. The van der Waals surface area contributed by atoms with Gasteiger partial charge in [0, 0.05) is 5.69 Å². The third-order valence-electron chi connectivity index (χ3n) is 2.59. The largest absolute Gasteiger partial charge is 0.389 e. The molecule has 0 bridgehead atoms. The van der Waals surface area contributed by atoms with E-state index in [9.17, 15) is 13.5 Å². The van der Waals surface area contributed by atoms with Crippen LogP contribution in [-0.4, -0.2) is 18.8 Å². The van der Waals surface area contributed by atoms with Gasteiger partial charge in [0.2, 0.25) is 10.0 Å². The van der Waals surface area contributed by atoms with Gasteiger partial charge in [-0.05, 0) is 37.5 Å². The lowest BCUT2D eigenvalue weighted by atomic mass is 10.1. The van der Waals surface area contributed by atoms with E-state index in [0.717, 1.165) is 12.8 Å². The van der Waals surface area contributed by atoms with Crippen LogP contribution in [0.15, 0.2) is 24.3 Å². The van der Waals surface area contributed by atoms with Crippen molar-refractivity contribution in [3.05, 3.63) is 29.8 Å². The molecule has 5 heteroatoms. The number of aliphatic hydroxyl groups excluding tert-OH is 1. The van der Waals surface area contributed by atoms with Crippen LogP contribution in [0.2, 0.25) is 0 Å². The molecule has 1 fully saturated rings. The third-order valence-corrected chi connectivity index (χ3v) is 4.46. The molecule has 16 heavy (non-hydrogen) atoms. The Hall–Kier alpha value is -1.07. The average molecular weight is 241 g/mol. The average Bonchev–Trinajstić information content (AvgIpc) is 3.00. The molecule has 1 atom stereocenters. The maximum absolute atomic E-state index is 11.7. The summed E-state index contributed by atoms with van der Waals surface area (Å²) in [6.07, 6.45) is 0.891.